The van der Waals surface area contributed by atoms with Crippen LogP contribution >= 0.6 is 0 Å². The van der Waals surface area contributed by atoms with E-state index in [4.69, 9.17) is 32.5 Å². The summed E-state index contributed by atoms with van der Waals surface area (Å²) in [6, 6.07) is 7.70. The minimum absolute atomic E-state index is 0.00746. The first kappa shape index (κ1) is 30.8. The number of phenols is 1. The Balaban J connectivity index is 1.38. The quantitative estimate of drug-likeness (QED) is 0.104. The van der Waals surface area contributed by atoms with Crippen LogP contribution in [0.3, 0.4) is 0 Å². The number of hydrogen-bond acceptors (Lipinski definition) is 14. The van der Waals surface area contributed by atoms with Crippen LogP contribution in [-0.2, 0) is 18.9 Å². The summed E-state index contributed by atoms with van der Waals surface area (Å²) in [5.74, 6) is -0.425. The number of ether oxygens (including phenoxy) is 5. The Hall–Kier alpha value is -3.86. The van der Waals surface area contributed by atoms with Gasteiger partial charge < -0.3 is 58.1 Å². The number of phenolic OH excluding ortho intramolecular Hbond substituents is 1. The molecule has 2 aliphatic heterocycles. The van der Waals surface area contributed by atoms with Gasteiger partial charge in [0.1, 0.15) is 53.0 Å². The van der Waals surface area contributed by atoms with Crippen LogP contribution in [0.5, 0.6) is 11.5 Å². The van der Waals surface area contributed by atoms with E-state index in [0.29, 0.717) is 10.9 Å². The van der Waals surface area contributed by atoms with Crippen molar-refractivity contribution in [1.82, 2.24) is 0 Å². The SMILES string of the molecule is CO[C@H]1[C@H](O)[C@@H](O[C@@H]2[C@H](Oc3cccc4c(O)c5c(=O)oc6ccc(C)c7c(=O)oc(c34)c5c67)O[C@H](C)[C@H](O)[C@@H]2O)O[C@@H](C)[C@H]1O. The van der Waals surface area contributed by atoms with Crippen molar-refractivity contribution in [3.05, 3.63) is 56.7 Å². The lowest BCUT2D eigenvalue weighted by Gasteiger charge is -2.46. The standard InChI is InChI=1S/C32H32O14/c1-10-8-9-15-18-16(10)29(38)45-26-17-13(23(35)20(19(18)26)30(39)43-15)6-5-7-14(17)44-32-28(24(36)21(33)11(2)42-32)46-31-25(37)27(40-4)22(34)12(3)41-31/h5-9,11-12,21-22,24-25,27-28,31-37H,1-4H3/t11-,12+,21+,22-,24+,25+,27-,28+,31-,32+/m1/s1. The molecule has 10 atom stereocenters. The van der Waals surface area contributed by atoms with Gasteiger partial charge in [-0.25, -0.2) is 9.59 Å². The number of methoxy groups -OCH3 is 1. The van der Waals surface area contributed by atoms with Crippen molar-refractivity contribution >= 4 is 43.5 Å². The highest BCUT2D eigenvalue weighted by Crippen LogP contribution is 2.45. The first-order valence-corrected chi connectivity index (χ1v) is 14.7. The van der Waals surface area contributed by atoms with E-state index in [1.54, 1.807) is 26.0 Å². The maximum atomic E-state index is 13.4. The number of aliphatic hydroxyl groups is 4. The molecular weight excluding hydrogens is 608 g/mol. The molecule has 14 nitrogen and oxygen atoms in total. The molecule has 0 bridgehead atoms. The molecule has 0 saturated carbocycles. The fourth-order valence-electron chi connectivity index (χ4n) is 6.58. The Morgan fingerprint density at radius 3 is 2.15 bits per heavy atom. The predicted octanol–water partition coefficient (Wildman–Crippen LogP) is 1.37. The number of hydrogen-bond donors (Lipinski definition) is 5. The topological polar surface area (TPSA) is 208 Å². The van der Waals surface area contributed by atoms with Crippen LogP contribution in [-0.4, -0.2) is 94.1 Å². The fourth-order valence-corrected chi connectivity index (χ4v) is 6.58. The predicted molar refractivity (Wildman–Crippen MR) is 160 cm³/mol. The van der Waals surface area contributed by atoms with Crippen molar-refractivity contribution in [2.45, 2.75) is 82.2 Å². The highest BCUT2D eigenvalue weighted by Gasteiger charge is 2.50. The molecular formula is C32H32O14. The third kappa shape index (κ3) is 4.48. The zero-order chi connectivity index (χ0) is 32.8. The van der Waals surface area contributed by atoms with Crippen LogP contribution in [0.4, 0.5) is 0 Å². The molecule has 2 aliphatic rings. The molecule has 0 unspecified atom stereocenters. The average molecular weight is 641 g/mol. The zero-order valence-corrected chi connectivity index (χ0v) is 25.1. The fraction of sp³-hybridized carbons (Fsp3) is 0.438. The number of rotatable bonds is 5. The van der Waals surface area contributed by atoms with Crippen molar-refractivity contribution in [3.63, 3.8) is 0 Å². The van der Waals surface area contributed by atoms with Crippen LogP contribution in [0.25, 0.3) is 43.5 Å². The minimum atomic E-state index is -1.60. The van der Waals surface area contributed by atoms with Crippen molar-refractivity contribution < 1.29 is 58.1 Å². The first-order chi connectivity index (χ1) is 21.9. The average Bonchev–Trinajstić information content (AvgIpc) is 3.02. The Bertz CT molecular complexity index is 2070. The second kappa shape index (κ2) is 11.1. The van der Waals surface area contributed by atoms with Crippen molar-refractivity contribution in [3.8, 4) is 11.5 Å². The Labute approximate surface area is 259 Å². The van der Waals surface area contributed by atoms with Gasteiger partial charge in [0, 0.05) is 23.3 Å². The molecule has 7 rings (SSSR count). The maximum absolute atomic E-state index is 13.4. The van der Waals surface area contributed by atoms with Gasteiger partial charge in [-0.3, -0.25) is 0 Å². The number of benzene rings is 3. The number of fused-ring (bicyclic) bond motifs is 2. The van der Waals surface area contributed by atoms with E-state index in [1.807, 2.05) is 0 Å². The van der Waals surface area contributed by atoms with E-state index in [9.17, 15) is 35.1 Å². The lowest BCUT2D eigenvalue weighted by Crippen LogP contribution is -2.64. The first-order valence-electron chi connectivity index (χ1n) is 14.7. The molecule has 14 heteroatoms. The van der Waals surface area contributed by atoms with Gasteiger partial charge in [0.15, 0.2) is 18.0 Å². The molecule has 2 aromatic heterocycles. The lowest BCUT2D eigenvalue weighted by atomic mass is 9.95. The van der Waals surface area contributed by atoms with Gasteiger partial charge in [0.25, 0.3) is 0 Å². The Morgan fingerprint density at radius 2 is 1.41 bits per heavy atom. The van der Waals surface area contributed by atoms with Gasteiger partial charge >= 0.3 is 11.3 Å². The molecule has 0 spiro atoms. The van der Waals surface area contributed by atoms with Crippen LogP contribution in [0.1, 0.15) is 19.4 Å². The molecule has 5 N–H and O–H groups in total. The number of aromatic hydroxyl groups is 1. The molecule has 244 valence electrons. The summed E-state index contributed by atoms with van der Waals surface area (Å²) in [7, 11) is 1.30. The van der Waals surface area contributed by atoms with E-state index in [-0.39, 0.29) is 43.8 Å². The summed E-state index contributed by atoms with van der Waals surface area (Å²) >= 11 is 0. The molecule has 2 saturated heterocycles. The summed E-state index contributed by atoms with van der Waals surface area (Å²) in [4.78, 5) is 26.5. The molecule has 0 aliphatic carbocycles. The normalized spacial score (nSPS) is 32.2. The van der Waals surface area contributed by atoms with E-state index in [2.05, 4.69) is 0 Å². The van der Waals surface area contributed by atoms with Gasteiger partial charge in [-0.2, -0.15) is 0 Å². The van der Waals surface area contributed by atoms with Crippen molar-refractivity contribution in [2.75, 3.05) is 7.11 Å². The molecule has 46 heavy (non-hydrogen) atoms. The van der Waals surface area contributed by atoms with Gasteiger partial charge in [0.2, 0.25) is 6.29 Å². The number of aliphatic hydroxyl groups excluding tert-OH is 4. The van der Waals surface area contributed by atoms with E-state index in [1.165, 1.54) is 32.2 Å². The summed E-state index contributed by atoms with van der Waals surface area (Å²) < 4.78 is 40.4. The van der Waals surface area contributed by atoms with E-state index < -0.39 is 78.4 Å². The highest BCUT2D eigenvalue weighted by molar-refractivity contribution is 6.28. The Morgan fingerprint density at radius 1 is 0.717 bits per heavy atom. The second-order valence-corrected chi connectivity index (χ2v) is 11.8. The minimum Gasteiger partial charge on any atom is -0.506 e. The van der Waals surface area contributed by atoms with Crippen molar-refractivity contribution in [2.24, 2.45) is 0 Å². The smallest absolute Gasteiger partial charge is 0.348 e. The van der Waals surface area contributed by atoms with Gasteiger partial charge in [-0.05, 0) is 38.5 Å². The Kier molecular flexibility index (Phi) is 7.45. The largest absolute Gasteiger partial charge is 0.506 e. The maximum Gasteiger partial charge on any atom is 0.348 e. The molecule has 5 aromatic rings. The zero-order valence-electron chi connectivity index (χ0n) is 25.1. The lowest BCUT2D eigenvalue weighted by molar-refractivity contribution is -0.353. The summed E-state index contributed by atoms with van der Waals surface area (Å²) in [5.41, 5.74) is -0.899. The molecule has 3 aromatic carbocycles. The van der Waals surface area contributed by atoms with Crippen LogP contribution in [0, 0.1) is 6.92 Å². The van der Waals surface area contributed by atoms with Gasteiger partial charge in [0.05, 0.1) is 23.0 Å². The summed E-state index contributed by atoms with van der Waals surface area (Å²) in [5, 5.41) is 55.1. The van der Waals surface area contributed by atoms with Gasteiger partial charge in [-0.15, -0.1) is 0 Å². The molecule has 4 heterocycles. The van der Waals surface area contributed by atoms with Gasteiger partial charge in [-0.1, -0.05) is 18.2 Å². The number of aryl methyl sites for hydroxylation is 1. The second-order valence-electron chi connectivity index (χ2n) is 11.8. The van der Waals surface area contributed by atoms with Crippen LogP contribution in [0.2, 0.25) is 0 Å². The highest BCUT2D eigenvalue weighted by atomic mass is 16.8. The van der Waals surface area contributed by atoms with Crippen LogP contribution < -0.4 is 16.0 Å². The summed E-state index contributed by atoms with van der Waals surface area (Å²) in [6.45, 7) is 4.77. The van der Waals surface area contributed by atoms with E-state index >= 15 is 0 Å². The molecule has 0 radical (unpaired) electrons. The summed E-state index contributed by atoms with van der Waals surface area (Å²) in [6.07, 6.45) is -13.0. The van der Waals surface area contributed by atoms with E-state index in [0.717, 1.165) is 0 Å². The monoisotopic (exact) mass is 640 g/mol. The molecule has 0 amide bonds. The third-order valence-electron chi connectivity index (χ3n) is 9.03. The third-order valence-corrected chi connectivity index (χ3v) is 9.03. The van der Waals surface area contributed by atoms with Crippen LogP contribution in [0.15, 0.2) is 48.8 Å². The van der Waals surface area contributed by atoms with Crippen molar-refractivity contribution in [1.29, 1.82) is 0 Å². The molecule has 2 fully saturated rings.